The zero-order valence-electron chi connectivity index (χ0n) is 17.4. The lowest BCUT2D eigenvalue weighted by molar-refractivity contribution is 0.0996. The number of hydrogen-bond acceptors (Lipinski definition) is 5. The molecule has 0 radical (unpaired) electrons. The van der Waals surface area contributed by atoms with Gasteiger partial charge in [0, 0.05) is 17.8 Å². The first-order valence-corrected chi connectivity index (χ1v) is 10.1. The van der Waals surface area contributed by atoms with Gasteiger partial charge in [0.2, 0.25) is 6.79 Å². The molecule has 5 rings (SSSR count). The van der Waals surface area contributed by atoms with Gasteiger partial charge < -0.3 is 14.0 Å². The summed E-state index contributed by atoms with van der Waals surface area (Å²) in [5.74, 6) is 0.516. The Morgan fingerprint density at radius 3 is 2.72 bits per heavy atom. The molecule has 0 fully saturated rings. The molecule has 3 aromatic heterocycles. The van der Waals surface area contributed by atoms with E-state index in [1.807, 2.05) is 32.0 Å². The molecule has 4 aromatic rings. The average Bonchev–Trinajstić information content (AvgIpc) is 3.26. The lowest BCUT2D eigenvalue weighted by Crippen LogP contribution is -2.29. The summed E-state index contributed by atoms with van der Waals surface area (Å²) in [6.45, 7) is 3.93. The lowest BCUT2D eigenvalue weighted by Gasteiger charge is -2.17. The Kier molecular flexibility index (Phi) is 4.52. The van der Waals surface area contributed by atoms with Gasteiger partial charge in [-0.05, 0) is 56.3 Å². The summed E-state index contributed by atoms with van der Waals surface area (Å²) >= 11 is 0. The highest BCUT2D eigenvalue weighted by Gasteiger charge is 2.18. The number of rotatable bonds is 2. The third-order valence-electron chi connectivity index (χ3n) is 5.38. The Bertz CT molecular complexity index is 1590. The standard InChI is InChI=1S/C24H18N4O4/c1-14(2)28-19-11-17-5-3-4-8-27(17)24(30)18(19)9-16(12-25)22(28)26-23(29)15-6-7-20-21(10-15)32-13-31-20/h3-11,14H,13H2,1-2H3. The van der Waals surface area contributed by atoms with Gasteiger partial charge in [0.15, 0.2) is 17.0 Å². The van der Waals surface area contributed by atoms with Crippen LogP contribution in [0.1, 0.15) is 35.8 Å². The van der Waals surface area contributed by atoms with Crippen LogP contribution in [0.4, 0.5) is 0 Å². The number of ether oxygens (including phenoxy) is 2. The van der Waals surface area contributed by atoms with Crippen molar-refractivity contribution in [3.8, 4) is 17.6 Å². The number of aromatic nitrogens is 2. The first-order valence-electron chi connectivity index (χ1n) is 10.1. The van der Waals surface area contributed by atoms with E-state index in [0.717, 1.165) is 0 Å². The van der Waals surface area contributed by atoms with Crippen molar-refractivity contribution in [3.05, 3.63) is 81.7 Å². The maximum Gasteiger partial charge on any atom is 0.279 e. The molecule has 0 atom stereocenters. The molecule has 8 heteroatoms. The molecule has 0 bridgehead atoms. The second kappa shape index (κ2) is 7.39. The minimum atomic E-state index is -0.522. The highest BCUT2D eigenvalue weighted by atomic mass is 16.7. The summed E-state index contributed by atoms with van der Waals surface area (Å²) in [6, 6.07) is 15.6. The fraction of sp³-hybridized carbons (Fsp3) is 0.167. The first-order chi connectivity index (χ1) is 15.5. The summed E-state index contributed by atoms with van der Waals surface area (Å²) in [5, 5.41) is 10.2. The van der Waals surface area contributed by atoms with Crippen molar-refractivity contribution in [1.82, 2.24) is 8.97 Å². The van der Waals surface area contributed by atoms with Crippen LogP contribution in [-0.2, 0) is 0 Å². The number of fused-ring (bicyclic) bond motifs is 3. The number of hydrogen-bond donors (Lipinski definition) is 0. The molecule has 1 aromatic carbocycles. The molecule has 1 aliphatic heterocycles. The molecule has 0 saturated carbocycles. The van der Waals surface area contributed by atoms with Gasteiger partial charge >= 0.3 is 0 Å². The number of nitriles is 1. The van der Waals surface area contributed by atoms with Gasteiger partial charge in [0.05, 0.1) is 22.0 Å². The van der Waals surface area contributed by atoms with Crippen molar-refractivity contribution in [2.75, 3.05) is 6.79 Å². The summed E-state index contributed by atoms with van der Waals surface area (Å²) < 4.78 is 13.9. The number of carbonyl (C=O) groups excluding carboxylic acids is 1. The van der Waals surface area contributed by atoms with E-state index < -0.39 is 5.91 Å². The van der Waals surface area contributed by atoms with Crippen molar-refractivity contribution >= 4 is 22.3 Å². The zero-order chi connectivity index (χ0) is 22.4. The molecule has 0 aliphatic carbocycles. The predicted molar refractivity (Wildman–Crippen MR) is 117 cm³/mol. The quantitative estimate of drug-likeness (QED) is 0.459. The Morgan fingerprint density at radius 1 is 1.12 bits per heavy atom. The molecule has 4 heterocycles. The van der Waals surface area contributed by atoms with Crippen LogP contribution in [-0.4, -0.2) is 21.7 Å². The normalized spacial score (nSPS) is 13.1. The number of amides is 1. The van der Waals surface area contributed by atoms with Gasteiger partial charge in [0.1, 0.15) is 6.07 Å². The maximum absolute atomic E-state index is 13.1. The van der Waals surface area contributed by atoms with E-state index >= 15 is 0 Å². The van der Waals surface area contributed by atoms with Crippen molar-refractivity contribution < 1.29 is 14.3 Å². The Labute approximate surface area is 182 Å². The third kappa shape index (κ3) is 3.03. The number of carbonyl (C=O) groups is 1. The first kappa shape index (κ1) is 19.6. The van der Waals surface area contributed by atoms with Gasteiger partial charge in [-0.15, -0.1) is 0 Å². The summed E-state index contributed by atoms with van der Waals surface area (Å²) in [6.07, 6.45) is 1.68. The Morgan fingerprint density at radius 2 is 1.94 bits per heavy atom. The summed E-state index contributed by atoms with van der Waals surface area (Å²) in [7, 11) is 0. The van der Waals surface area contributed by atoms with Crippen LogP contribution in [0, 0.1) is 11.3 Å². The zero-order valence-corrected chi connectivity index (χ0v) is 17.4. The van der Waals surface area contributed by atoms with Gasteiger partial charge in [0.25, 0.3) is 11.5 Å². The van der Waals surface area contributed by atoms with E-state index in [1.54, 1.807) is 35.0 Å². The monoisotopic (exact) mass is 426 g/mol. The number of pyridine rings is 3. The highest BCUT2D eigenvalue weighted by Crippen LogP contribution is 2.32. The number of benzene rings is 1. The van der Waals surface area contributed by atoms with Crippen LogP contribution in [0.2, 0.25) is 0 Å². The minimum Gasteiger partial charge on any atom is -0.454 e. The van der Waals surface area contributed by atoms with E-state index in [-0.39, 0.29) is 29.4 Å². The summed E-state index contributed by atoms with van der Waals surface area (Å²) in [4.78, 5) is 30.4. The van der Waals surface area contributed by atoms with Crippen LogP contribution in [0.25, 0.3) is 16.4 Å². The van der Waals surface area contributed by atoms with Crippen molar-refractivity contribution in [3.63, 3.8) is 0 Å². The van der Waals surface area contributed by atoms with Gasteiger partial charge in [-0.3, -0.25) is 14.0 Å². The molecule has 0 N–H and O–H groups in total. The van der Waals surface area contributed by atoms with E-state index in [0.29, 0.717) is 33.5 Å². The van der Waals surface area contributed by atoms with Crippen molar-refractivity contribution in [2.24, 2.45) is 4.99 Å². The van der Waals surface area contributed by atoms with E-state index in [1.165, 1.54) is 10.5 Å². The minimum absolute atomic E-state index is 0.101. The molecular weight excluding hydrogens is 408 g/mol. The summed E-state index contributed by atoms with van der Waals surface area (Å²) in [5.41, 5.74) is 1.74. The van der Waals surface area contributed by atoms with Gasteiger partial charge in [-0.25, -0.2) is 0 Å². The van der Waals surface area contributed by atoms with Crippen molar-refractivity contribution in [2.45, 2.75) is 19.9 Å². The van der Waals surface area contributed by atoms with Crippen LogP contribution >= 0.6 is 0 Å². The van der Waals surface area contributed by atoms with E-state index in [9.17, 15) is 14.9 Å². The average molecular weight is 426 g/mol. The van der Waals surface area contributed by atoms with Crippen LogP contribution in [0.3, 0.4) is 0 Å². The fourth-order valence-electron chi connectivity index (χ4n) is 3.91. The number of nitrogens with zero attached hydrogens (tertiary/aromatic N) is 4. The Hall–Kier alpha value is -4.38. The molecule has 1 amide bonds. The molecule has 158 valence electrons. The van der Waals surface area contributed by atoms with Crippen LogP contribution < -0.4 is 20.5 Å². The second-order valence-corrected chi connectivity index (χ2v) is 7.69. The smallest absolute Gasteiger partial charge is 0.279 e. The predicted octanol–water partition coefficient (Wildman–Crippen LogP) is 3.18. The van der Waals surface area contributed by atoms with Gasteiger partial charge in [-0.2, -0.15) is 10.3 Å². The second-order valence-electron chi connectivity index (χ2n) is 7.69. The fourth-order valence-corrected chi connectivity index (χ4v) is 3.91. The molecule has 32 heavy (non-hydrogen) atoms. The molecular formula is C24H18N4O4. The molecule has 0 spiro atoms. The maximum atomic E-state index is 13.1. The lowest BCUT2D eigenvalue weighted by atomic mass is 10.1. The SMILES string of the molecule is CC(C)n1c(=NC(=O)c2ccc3c(c2)OCO3)c(C#N)cc2c(=O)n3ccccc3cc21. The molecule has 1 aliphatic rings. The van der Waals surface area contributed by atoms with E-state index in [4.69, 9.17) is 9.47 Å². The van der Waals surface area contributed by atoms with Crippen LogP contribution in [0.15, 0.2) is 64.5 Å². The highest BCUT2D eigenvalue weighted by molar-refractivity contribution is 5.96. The van der Waals surface area contributed by atoms with Crippen LogP contribution in [0.5, 0.6) is 11.5 Å². The molecule has 0 saturated heterocycles. The van der Waals surface area contributed by atoms with Gasteiger partial charge in [-0.1, -0.05) is 6.07 Å². The topological polar surface area (TPSA) is 98.1 Å². The Balaban J connectivity index is 1.81. The largest absolute Gasteiger partial charge is 0.454 e. The molecule has 8 nitrogen and oxygen atoms in total. The molecule has 0 unspecified atom stereocenters. The third-order valence-corrected chi connectivity index (χ3v) is 5.38. The van der Waals surface area contributed by atoms with Crippen molar-refractivity contribution in [1.29, 1.82) is 5.26 Å². The van der Waals surface area contributed by atoms with E-state index in [2.05, 4.69) is 11.1 Å².